The van der Waals surface area contributed by atoms with Gasteiger partial charge < -0.3 is 10.2 Å². The molecular formula is C9H14N2O. The Morgan fingerprint density at radius 3 is 3.00 bits per heavy atom. The number of amides is 2. The molecule has 0 atom stereocenters. The second kappa shape index (κ2) is 4.66. The fourth-order valence-corrected chi connectivity index (χ4v) is 1.25. The summed E-state index contributed by atoms with van der Waals surface area (Å²) in [6, 6.07) is 0.0655. The van der Waals surface area contributed by atoms with E-state index in [2.05, 4.69) is 11.2 Å². The van der Waals surface area contributed by atoms with E-state index in [0.29, 0.717) is 0 Å². The molecule has 0 aromatic heterocycles. The molecule has 0 radical (unpaired) electrons. The maximum Gasteiger partial charge on any atom is 0.317 e. The Balaban J connectivity index is 2.07. The zero-order valence-electron chi connectivity index (χ0n) is 7.18. The smallest absolute Gasteiger partial charge is 0.317 e. The molecule has 0 aliphatic carbocycles. The van der Waals surface area contributed by atoms with Gasteiger partial charge in [-0.3, -0.25) is 0 Å². The maximum absolute atomic E-state index is 11.0. The van der Waals surface area contributed by atoms with Crippen LogP contribution in [-0.4, -0.2) is 30.6 Å². The van der Waals surface area contributed by atoms with Gasteiger partial charge in [-0.25, -0.2) is 4.79 Å². The SMILES string of the molecule is C#CCCCCN1CCNC1=O. The van der Waals surface area contributed by atoms with E-state index >= 15 is 0 Å². The minimum Gasteiger partial charge on any atom is -0.336 e. The number of hydrogen-bond acceptors (Lipinski definition) is 1. The zero-order chi connectivity index (χ0) is 8.81. The molecule has 3 heteroatoms. The molecule has 1 N–H and O–H groups in total. The summed E-state index contributed by atoms with van der Waals surface area (Å²) in [5.41, 5.74) is 0. The average Bonchev–Trinajstić information content (AvgIpc) is 2.46. The summed E-state index contributed by atoms with van der Waals surface area (Å²) in [7, 11) is 0. The Morgan fingerprint density at radius 2 is 2.42 bits per heavy atom. The number of rotatable bonds is 4. The van der Waals surface area contributed by atoms with Crippen LogP contribution in [0.4, 0.5) is 4.79 Å². The third-order valence-electron chi connectivity index (χ3n) is 1.94. The van der Waals surface area contributed by atoms with E-state index in [1.807, 2.05) is 4.90 Å². The standard InChI is InChI=1S/C9H14N2O/c1-2-3-4-5-7-11-8-6-10-9(11)12/h1H,3-8H2,(H,10,12). The summed E-state index contributed by atoms with van der Waals surface area (Å²) in [5.74, 6) is 2.59. The summed E-state index contributed by atoms with van der Waals surface area (Å²) >= 11 is 0. The van der Waals surface area contributed by atoms with Gasteiger partial charge >= 0.3 is 6.03 Å². The lowest BCUT2D eigenvalue weighted by molar-refractivity contribution is 0.216. The number of urea groups is 1. The number of terminal acetylenes is 1. The van der Waals surface area contributed by atoms with Gasteiger partial charge in [0.05, 0.1) is 0 Å². The largest absolute Gasteiger partial charge is 0.336 e. The number of nitrogens with one attached hydrogen (secondary N) is 1. The van der Waals surface area contributed by atoms with Gasteiger partial charge in [0.1, 0.15) is 0 Å². The predicted octanol–water partition coefficient (Wildman–Crippen LogP) is 0.815. The van der Waals surface area contributed by atoms with Crippen LogP contribution in [0, 0.1) is 12.3 Å². The highest BCUT2D eigenvalue weighted by Crippen LogP contribution is 2.01. The zero-order valence-corrected chi connectivity index (χ0v) is 7.18. The number of unbranched alkanes of at least 4 members (excludes halogenated alkanes) is 2. The lowest BCUT2D eigenvalue weighted by Crippen LogP contribution is -2.28. The number of hydrogen-bond donors (Lipinski definition) is 1. The maximum atomic E-state index is 11.0. The normalized spacial score (nSPS) is 15.9. The first-order valence-corrected chi connectivity index (χ1v) is 4.31. The van der Waals surface area contributed by atoms with Crippen molar-refractivity contribution in [2.45, 2.75) is 19.3 Å². The quantitative estimate of drug-likeness (QED) is 0.486. The minimum absolute atomic E-state index is 0.0655. The van der Waals surface area contributed by atoms with Crippen LogP contribution in [0.1, 0.15) is 19.3 Å². The molecule has 0 saturated carbocycles. The van der Waals surface area contributed by atoms with Gasteiger partial charge in [0, 0.05) is 26.1 Å². The van der Waals surface area contributed by atoms with Gasteiger partial charge in [-0.1, -0.05) is 0 Å². The molecule has 0 spiro atoms. The minimum atomic E-state index is 0.0655. The van der Waals surface area contributed by atoms with Crippen molar-refractivity contribution < 1.29 is 4.79 Å². The summed E-state index contributed by atoms with van der Waals surface area (Å²) in [6.07, 6.45) is 7.95. The van der Waals surface area contributed by atoms with Crippen molar-refractivity contribution in [3.8, 4) is 12.3 Å². The third kappa shape index (κ3) is 2.46. The first-order chi connectivity index (χ1) is 5.84. The van der Waals surface area contributed by atoms with E-state index in [1.165, 1.54) is 0 Å². The van der Waals surface area contributed by atoms with Gasteiger partial charge in [0.2, 0.25) is 0 Å². The Bertz CT molecular complexity index is 195. The van der Waals surface area contributed by atoms with Crippen LogP contribution >= 0.6 is 0 Å². The summed E-state index contributed by atoms with van der Waals surface area (Å²) in [5, 5.41) is 2.76. The van der Waals surface area contributed by atoms with E-state index in [1.54, 1.807) is 0 Å². The van der Waals surface area contributed by atoms with E-state index in [9.17, 15) is 4.79 Å². The monoisotopic (exact) mass is 166 g/mol. The van der Waals surface area contributed by atoms with Gasteiger partial charge in [-0.2, -0.15) is 0 Å². The van der Waals surface area contributed by atoms with Crippen molar-refractivity contribution in [1.82, 2.24) is 10.2 Å². The first-order valence-electron chi connectivity index (χ1n) is 4.31. The van der Waals surface area contributed by atoms with Crippen LogP contribution in [0.2, 0.25) is 0 Å². The topological polar surface area (TPSA) is 32.3 Å². The van der Waals surface area contributed by atoms with Gasteiger partial charge in [-0.15, -0.1) is 12.3 Å². The van der Waals surface area contributed by atoms with Crippen molar-refractivity contribution in [2.75, 3.05) is 19.6 Å². The van der Waals surface area contributed by atoms with Crippen molar-refractivity contribution >= 4 is 6.03 Å². The van der Waals surface area contributed by atoms with E-state index in [4.69, 9.17) is 6.42 Å². The van der Waals surface area contributed by atoms with Crippen molar-refractivity contribution in [2.24, 2.45) is 0 Å². The van der Waals surface area contributed by atoms with Crippen LogP contribution in [-0.2, 0) is 0 Å². The van der Waals surface area contributed by atoms with Crippen molar-refractivity contribution in [3.63, 3.8) is 0 Å². The summed E-state index contributed by atoms with van der Waals surface area (Å²) < 4.78 is 0. The Hall–Kier alpha value is -1.17. The molecule has 1 aliphatic heterocycles. The molecule has 66 valence electrons. The van der Waals surface area contributed by atoms with Crippen LogP contribution < -0.4 is 5.32 Å². The number of carbonyl (C=O) groups is 1. The molecule has 2 amide bonds. The second-order valence-corrected chi connectivity index (χ2v) is 2.88. The molecule has 12 heavy (non-hydrogen) atoms. The number of nitrogens with zero attached hydrogens (tertiary/aromatic N) is 1. The first kappa shape index (κ1) is 8.92. The molecule has 0 aromatic carbocycles. The van der Waals surface area contributed by atoms with E-state index < -0.39 is 0 Å². The molecule has 1 rings (SSSR count). The van der Waals surface area contributed by atoms with Gasteiger partial charge in [0.25, 0.3) is 0 Å². The highest BCUT2D eigenvalue weighted by Gasteiger charge is 2.17. The second-order valence-electron chi connectivity index (χ2n) is 2.88. The fourth-order valence-electron chi connectivity index (χ4n) is 1.25. The predicted molar refractivity (Wildman–Crippen MR) is 47.7 cm³/mol. The molecule has 1 aliphatic rings. The van der Waals surface area contributed by atoms with Crippen LogP contribution in [0.25, 0.3) is 0 Å². The van der Waals surface area contributed by atoms with Crippen molar-refractivity contribution in [3.05, 3.63) is 0 Å². The molecule has 0 bridgehead atoms. The molecule has 1 fully saturated rings. The van der Waals surface area contributed by atoms with E-state index in [0.717, 1.165) is 38.9 Å². The number of carbonyl (C=O) groups excluding carboxylic acids is 1. The van der Waals surface area contributed by atoms with Crippen LogP contribution in [0.15, 0.2) is 0 Å². The highest BCUT2D eigenvalue weighted by molar-refractivity contribution is 5.76. The van der Waals surface area contributed by atoms with E-state index in [-0.39, 0.29) is 6.03 Å². The summed E-state index contributed by atoms with van der Waals surface area (Å²) in [6.45, 7) is 2.47. The fraction of sp³-hybridized carbons (Fsp3) is 0.667. The highest BCUT2D eigenvalue weighted by atomic mass is 16.2. The summed E-state index contributed by atoms with van der Waals surface area (Å²) in [4.78, 5) is 12.8. The molecule has 0 aromatic rings. The molecule has 0 unspecified atom stereocenters. The molecular weight excluding hydrogens is 152 g/mol. The lowest BCUT2D eigenvalue weighted by Gasteiger charge is -2.12. The van der Waals surface area contributed by atoms with Gasteiger partial charge in [0.15, 0.2) is 0 Å². The van der Waals surface area contributed by atoms with Crippen LogP contribution in [0.5, 0.6) is 0 Å². The van der Waals surface area contributed by atoms with Crippen molar-refractivity contribution in [1.29, 1.82) is 0 Å². The Kier molecular flexibility index (Phi) is 3.46. The Labute approximate surface area is 73.1 Å². The van der Waals surface area contributed by atoms with Crippen LogP contribution in [0.3, 0.4) is 0 Å². The lowest BCUT2D eigenvalue weighted by atomic mass is 10.2. The average molecular weight is 166 g/mol. The van der Waals surface area contributed by atoms with Gasteiger partial charge in [-0.05, 0) is 12.8 Å². The molecule has 1 saturated heterocycles. The third-order valence-corrected chi connectivity index (χ3v) is 1.94. The Morgan fingerprint density at radius 1 is 1.58 bits per heavy atom. The molecule has 1 heterocycles. The molecule has 3 nitrogen and oxygen atoms in total.